The van der Waals surface area contributed by atoms with E-state index in [1.807, 2.05) is 48.5 Å². The van der Waals surface area contributed by atoms with E-state index in [9.17, 15) is 4.79 Å². The van der Waals surface area contributed by atoms with Gasteiger partial charge in [0.05, 0.1) is 5.69 Å². The van der Waals surface area contributed by atoms with Crippen molar-refractivity contribution in [1.29, 1.82) is 5.26 Å². The number of nitrogens with zero attached hydrogens (tertiary/aromatic N) is 1. The van der Waals surface area contributed by atoms with Gasteiger partial charge in [-0.25, -0.2) is 0 Å². The summed E-state index contributed by atoms with van der Waals surface area (Å²) in [6, 6.07) is 18.3. The molecule has 4 nitrogen and oxygen atoms in total. The van der Waals surface area contributed by atoms with Crippen molar-refractivity contribution in [2.24, 2.45) is 0 Å². The standard InChI is InChI=1S/C16H12BrN3O/c17-14-8-4-5-9-15(14)19-11-12(10-18)16(21)20-13-6-2-1-3-7-13/h1-9,11,19H,(H,20,21). The van der Waals surface area contributed by atoms with Crippen LogP contribution >= 0.6 is 15.9 Å². The maximum Gasteiger partial charge on any atom is 0.267 e. The van der Waals surface area contributed by atoms with E-state index in [1.165, 1.54) is 6.20 Å². The number of carbonyl (C=O) groups is 1. The molecule has 1 amide bonds. The lowest BCUT2D eigenvalue weighted by molar-refractivity contribution is -0.112. The third-order valence-electron chi connectivity index (χ3n) is 2.64. The Labute approximate surface area is 131 Å². The number of halogens is 1. The quantitative estimate of drug-likeness (QED) is 0.654. The minimum Gasteiger partial charge on any atom is -0.359 e. The van der Waals surface area contributed by atoms with Gasteiger partial charge in [-0.3, -0.25) is 4.79 Å². The second-order valence-electron chi connectivity index (χ2n) is 4.11. The van der Waals surface area contributed by atoms with Gasteiger partial charge in [0.2, 0.25) is 0 Å². The number of nitriles is 1. The molecule has 0 unspecified atom stereocenters. The van der Waals surface area contributed by atoms with Gasteiger partial charge < -0.3 is 10.6 Å². The topological polar surface area (TPSA) is 64.9 Å². The third kappa shape index (κ3) is 4.20. The average Bonchev–Trinajstić information content (AvgIpc) is 2.50. The Morgan fingerprint density at radius 2 is 1.76 bits per heavy atom. The molecular weight excluding hydrogens is 330 g/mol. The molecule has 0 aliphatic carbocycles. The van der Waals surface area contributed by atoms with Crippen LogP contribution in [0.5, 0.6) is 0 Å². The highest BCUT2D eigenvalue weighted by Gasteiger charge is 2.09. The number of hydrogen-bond donors (Lipinski definition) is 2. The Hall–Kier alpha value is -2.58. The molecule has 104 valence electrons. The van der Waals surface area contributed by atoms with Gasteiger partial charge in [-0.1, -0.05) is 30.3 Å². The van der Waals surface area contributed by atoms with E-state index < -0.39 is 5.91 Å². The minimum atomic E-state index is -0.455. The fraction of sp³-hybridized carbons (Fsp3) is 0. The summed E-state index contributed by atoms with van der Waals surface area (Å²) < 4.78 is 0.849. The molecule has 0 aliphatic rings. The van der Waals surface area contributed by atoms with Crippen molar-refractivity contribution in [2.45, 2.75) is 0 Å². The van der Waals surface area contributed by atoms with Gasteiger partial charge in [-0.15, -0.1) is 0 Å². The lowest BCUT2D eigenvalue weighted by atomic mass is 10.2. The Morgan fingerprint density at radius 3 is 2.43 bits per heavy atom. The van der Waals surface area contributed by atoms with Gasteiger partial charge in [-0.05, 0) is 40.2 Å². The molecule has 0 fully saturated rings. The number of amides is 1. The first-order valence-corrected chi connectivity index (χ1v) is 6.98. The highest BCUT2D eigenvalue weighted by molar-refractivity contribution is 9.10. The molecule has 0 radical (unpaired) electrons. The van der Waals surface area contributed by atoms with E-state index in [1.54, 1.807) is 12.1 Å². The summed E-state index contributed by atoms with van der Waals surface area (Å²) in [7, 11) is 0. The smallest absolute Gasteiger partial charge is 0.267 e. The number of nitrogens with one attached hydrogen (secondary N) is 2. The van der Waals surface area contributed by atoms with E-state index in [0.717, 1.165) is 10.2 Å². The molecule has 0 aromatic heterocycles. The van der Waals surface area contributed by atoms with Crippen LogP contribution in [-0.4, -0.2) is 5.91 Å². The van der Waals surface area contributed by atoms with Crippen LogP contribution in [0, 0.1) is 11.3 Å². The molecule has 2 aromatic rings. The highest BCUT2D eigenvalue weighted by Crippen LogP contribution is 2.21. The van der Waals surface area contributed by atoms with Crippen molar-refractivity contribution in [3.05, 3.63) is 70.8 Å². The van der Waals surface area contributed by atoms with Gasteiger partial charge in [-0.2, -0.15) is 5.26 Å². The number of anilines is 2. The van der Waals surface area contributed by atoms with E-state index >= 15 is 0 Å². The summed E-state index contributed by atoms with van der Waals surface area (Å²) >= 11 is 3.38. The molecule has 0 heterocycles. The molecule has 2 aromatic carbocycles. The van der Waals surface area contributed by atoms with E-state index in [2.05, 4.69) is 26.6 Å². The van der Waals surface area contributed by atoms with Crippen molar-refractivity contribution in [3.63, 3.8) is 0 Å². The largest absolute Gasteiger partial charge is 0.359 e. The molecule has 0 aliphatic heterocycles. The van der Waals surface area contributed by atoms with Crippen LogP contribution < -0.4 is 10.6 Å². The first-order chi connectivity index (χ1) is 10.2. The predicted octanol–water partition coefficient (Wildman–Crippen LogP) is 3.91. The summed E-state index contributed by atoms with van der Waals surface area (Å²) in [5.41, 5.74) is 1.41. The third-order valence-corrected chi connectivity index (χ3v) is 3.33. The van der Waals surface area contributed by atoms with Crippen molar-refractivity contribution >= 4 is 33.2 Å². The van der Waals surface area contributed by atoms with E-state index in [4.69, 9.17) is 5.26 Å². The predicted molar refractivity (Wildman–Crippen MR) is 86.5 cm³/mol. The van der Waals surface area contributed by atoms with Crippen LogP contribution in [0.4, 0.5) is 11.4 Å². The van der Waals surface area contributed by atoms with Crippen molar-refractivity contribution < 1.29 is 4.79 Å². The Bertz CT molecular complexity index is 705. The minimum absolute atomic E-state index is 0.00499. The second kappa shape index (κ2) is 7.27. The summed E-state index contributed by atoms with van der Waals surface area (Å²) in [5, 5.41) is 14.7. The number of carbonyl (C=O) groups excluding carboxylic acids is 1. The molecular formula is C16H12BrN3O. The summed E-state index contributed by atoms with van der Waals surface area (Å²) in [5.74, 6) is -0.455. The van der Waals surface area contributed by atoms with Crippen LogP contribution in [0.25, 0.3) is 0 Å². The van der Waals surface area contributed by atoms with E-state index in [-0.39, 0.29) is 5.57 Å². The number of benzene rings is 2. The zero-order chi connectivity index (χ0) is 15.1. The second-order valence-corrected chi connectivity index (χ2v) is 4.97. The fourth-order valence-electron chi connectivity index (χ4n) is 1.60. The lowest BCUT2D eigenvalue weighted by Crippen LogP contribution is -2.14. The zero-order valence-corrected chi connectivity index (χ0v) is 12.6. The summed E-state index contributed by atoms with van der Waals surface area (Å²) in [6.45, 7) is 0. The van der Waals surface area contributed by atoms with Crippen LogP contribution in [0.1, 0.15) is 0 Å². The molecule has 5 heteroatoms. The average molecular weight is 342 g/mol. The lowest BCUT2D eigenvalue weighted by Gasteiger charge is -2.06. The molecule has 0 bridgehead atoms. The fourth-order valence-corrected chi connectivity index (χ4v) is 2.00. The summed E-state index contributed by atoms with van der Waals surface area (Å²) in [6.07, 6.45) is 1.39. The van der Waals surface area contributed by atoms with Crippen molar-refractivity contribution in [2.75, 3.05) is 10.6 Å². The van der Waals surface area contributed by atoms with Crippen LogP contribution in [0.2, 0.25) is 0 Å². The normalized spacial score (nSPS) is 10.6. The Morgan fingerprint density at radius 1 is 1.10 bits per heavy atom. The van der Waals surface area contributed by atoms with Crippen molar-refractivity contribution in [1.82, 2.24) is 0 Å². The molecule has 21 heavy (non-hydrogen) atoms. The van der Waals surface area contributed by atoms with E-state index in [0.29, 0.717) is 5.69 Å². The Balaban J connectivity index is 2.09. The maximum absolute atomic E-state index is 12.0. The van der Waals surface area contributed by atoms with Gasteiger partial charge in [0.25, 0.3) is 5.91 Å². The SMILES string of the molecule is N#CC(=CNc1ccccc1Br)C(=O)Nc1ccccc1. The van der Waals surface area contributed by atoms with Crippen molar-refractivity contribution in [3.8, 4) is 6.07 Å². The van der Waals surface area contributed by atoms with Gasteiger partial charge >= 0.3 is 0 Å². The number of para-hydroxylation sites is 2. The van der Waals surface area contributed by atoms with Gasteiger partial charge in [0, 0.05) is 16.4 Å². The molecule has 0 atom stereocenters. The molecule has 0 spiro atoms. The number of hydrogen-bond acceptors (Lipinski definition) is 3. The first-order valence-electron chi connectivity index (χ1n) is 6.18. The van der Waals surface area contributed by atoms with Crippen LogP contribution in [-0.2, 0) is 4.79 Å². The molecule has 2 N–H and O–H groups in total. The molecule has 2 rings (SSSR count). The number of rotatable bonds is 4. The molecule has 0 saturated heterocycles. The van der Waals surface area contributed by atoms with Gasteiger partial charge in [0.1, 0.15) is 11.6 Å². The zero-order valence-electron chi connectivity index (χ0n) is 11.0. The maximum atomic E-state index is 12.0. The Kier molecular flexibility index (Phi) is 5.13. The van der Waals surface area contributed by atoms with Crippen LogP contribution in [0.3, 0.4) is 0 Å². The van der Waals surface area contributed by atoms with Gasteiger partial charge in [0.15, 0.2) is 0 Å². The first kappa shape index (κ1) is 14.8. The summed E-state index contributed by atoms with van der Waals surface area (Å²) in [4.78, 5) is 12.0. The molecule has 0 saturated carbocycles. The van der Waals surface area contributed by atoms with Crippen LogP contribution in [0.15, 0.2) is 70.8 Å². The monoisotopic (exact) mass is 341 g/mol. The highest BCUT2D eigenvalue weighted by atomic mass is 79.9.